The molecule has 2 rings (SSSR count). The van der Waals surface area contributed by atoms with E-state index >= 15 is 0 Å². The largest absolute Gasteiger partial charge is 0.417 e. The molecule has 0 heterocycles. The van der Waals surface area contributed by atoms with E-state index in [1.165, 1.54) is 12.1 Å². The summed E-state index contributed by atoms with van der Waals surface area (Å²) < 4.78 is 67.3. The summed E-state index contributed by atoms with van der Waals surface area (Å²) in [5.74, 6) is -0.557. The summed E-state index contributed by atoms with van der Waals surface area (Å²) in [4.78, 5) is 12.4. The normalized spacial score (nSPS) is 13.2. The molecule has 1 amide bonds. The lowest BCUT2D eigenvalue weighted by atomic mass is 10.1. The van der Waals surface area contributed by atoms with Crippen molar-refractivity contribution in [2.45, 2.75) is 44.8 Å². The summed E-state index contributed by atoms with van der Waals surface area (Å²) in [5, 5.41) is 2.11. The van der Waals surface area contributed by atoms with Crippen LogP contribution in [0, 0.1) is 12.8 Å². The van der Waals surface area contributed by atoms with Crippen LogP contribution in [-0.2, 0) is 21.0 Å². The van der Waals surface area contributed by atoms with Gasteiger partial charge in [-0.15, -0.1) is 0 Å². The van der Waals surface area contributed by atoms with Gasteiger partial charge in [0.05, 0.1) is 21.2 Å². The lowest BCUT2D eigenvalue weighted by Crippen LogP contribution is -2.45. The number of hydrogen-bond donors (Lipinski definition) is 1. The third kappa shape index (κ3) is 6.13. The first-order valence-electron chi connectivity index (χ1n) is 9.49. The zero-order valence-electron chi connectivity index (χ0n) is 17.5. The Labute approximate surface area is 185 Å². The molecule has 0 saturated heterocycles. The van der Waals surface area contributed by atoms with Gasteiger partial charge in [-0.2, -0.15) is 13.2 Å². The lowest BCUT2D eigenvalue weighted by Gasteiger charge is -2.26. The fourth-order valence-corrected chi connectivity index (χ4v) is 4.27. The van der Waals surface area contributed by atoms with Gasteiger partial charge in [-0.25, -0.2) is 8.42 Å². The Kier molecular flexibility index (Phi) is 7.65. The highest BCUT2D eigenvalue weighted by Gasteiger charge is 2.35. The van der Waals surface area contributed by atoms with Crippen LogP contribution in [0.3, 0.4) is 0 Å². The standard InChI is InChI=1S/C21H24ClF3N2O3S/c1-13(2)15(4)26-20(28)12-27(31(29,30)17-8-5-14(3)6-9-17)16-7-10-19(22)18(11-16)21(23,24)25/h5-11,13,15H,12H2,1-4H3,(H,26,28). The van der Waals surface area contributed by atoms with Gasteiger partial charge in [-0.3, -0.25) is 9.10 Å². The summed E-state index contributed by atoms with van der Waals surface area (Å²) in [7, 11) is -4.34. The van der Waals surface area contributed by atoms with Gasteiger partial charge in [-0.05, 0) is 50.1 Å². The van der Waals surface area contributed by atoms with Crippen molar-refractivity contribution < 1.29 is 26.4 Å². The molecule has 2 aromatic carbocycles. The van der Waals surface area contributed by atoms with Gasteiger partial charge in [0.25, 0.3) is 10.0 Å². The quantitative estimate of drug-likeness (QED) is 0.610. The molecule has 2 aromatic rings. The summed E-state index contributed by atoms with van der Waals surface area (Å²) in [6, 6.07) is 8.29. The van der Waals surface area contributed by atoms with Crippen LogP contribution in [0.15, 0.2) is 47.4 Å². The molecule has 0 spiro atoms. The van der Waals surface area contributed by atoms with E-state index in [9.17, 15) is 26.4 Å². The second-order valence-electron chi connectivity index (χ2n) is 7.59. The number of anilines is 1. The highest BCUT2D eigenvalue weighted by atomic mass is 35.5. The molecule has 1 N–H and O–H groups in total. The van der Waals surface area contributed by atoms with Gasteiger partial charge in [0, 0.05) is 6.04 Å². The number of nitrogens with zero attached hydrogens (tertiary/aromatic N) is 1. The number of aryl methyl sites for hydroxylation is 1. The number of rotatable bonds is 7. The summed E-state index contributed by atoms with van der Waals surface area (Å²) >= 11 is 5.68. The molecule has 1 unspecified atom stereocenters. The molecule has 10 heteroatoms. The van der Waals surface area contributed by atoms with E-state index in [0.717, 1.165) is 17.7 Å². The second-order valence-corrected chi connectivity index (χ2v) is 9.86. The van der Waals surface area contributed by atoms with Crippen molar-refractivity contribution >= 4 is 33.2 Å². The van der Waals surface area contributed by atoms with E-state index in [2.05, 4.69) is 5.32 Å². The molecule has 0 saturated carbocycles. The number of alkyl halides is 3. The smallest absolute Gasteiger partial charge is 0.352 e. The van der Waals surface area contributed by atoms with Gasteiger partial charge in [0.2, 0.25) is 5.91 Å². The minimum Gasteiger partial charge on any atom is -0.352 e. The minimum atomic E-state index is -4.79. The number of hydrogen-bond acceptors (Lipinski definition) is 3. The lowest BCUT2D eigenvalue weighted by molar-refractivity contribution is -0.137. The Morgan fingerprint density at radius 1 is 1.10 bits per heavy atom. The van der Waals surface area contributed by atoms with Crippen molar-refractivity contribution in [2.75, 3.05) is 10.8 Å². The Hall–Kier alpha value is -2.26. The van der Waals surface area contributed by atoms with Crippen LogP contribution in [0.2, 0.25) is 5.02 Å². The third-order valence-corrected chi connectivity index (χ3v) is 6.95. The first-order valence-corrected chi connectivity index (χ1v) is 11.3. The average molecular weight is 477 g/mol. The van der Waals surface area contributed by atoms with Crippen molar-refractivity contribution in [3.05, 3.63) is 58.6 Å². The van der Waals surface area contributed by atoms with Crippen LogP contribution in [0.1, 0.15) is 31.9 Å². The van der Waals surface area contributed by atoms with Crippen LogP contribution in [0.25, 0.3) is 0 Å². The first-order chi connectivity index (χ1) is 14.2. The topological polar surface area (TPSA) is 66.5 Å². The zero-order chi connectivity index (χ0) is 23.6. The molecular formula is C21H24ClF3N2O3S. The van der Waals surface area contributed by atoms with E-state index in [1.54, 1.807) is 26.0 Å². The number of sulfonamides is 1. The van der Waals surface area contributed by atoms with Crippen LogP contribution < -0.4 is 9.62 Å². The number of carbonyl (C=O) groups excluding carboxylic acids is 1. The molecule has 170 valence electrons. The van der Waals surface area contributed by atoms with Crippen molar-refractivity contribution in [3.63, 3.8) is 0 Å². The average Bonchev–Trinajstić information content (AvgIpc) is 2.66. The van der Waals surface area contributed by atoms with Crippen molar-refractivity contribution in [2.24, 2.45) is 5.92 Å². The molecule has 0 bridgehead atoms. The van der Waals surface area contributed by atoms with Gasteiger partial charge in [0.15, 0.2) is 0 Å². The third-order valence-electron chi connectivity index (χ3n) is 4.83. The van der Waals surface area contributed by atoms with E-state index in [-0.39, 0.29) is 22.5 Å². The molecule has 0 aliphatic rings. The predicted molar refractivity (Wildman–Crippen MR) is 115 cm³/mol. The number of benzene rings is 2. The maximum Gasteiger partial charge on any atom is 0.417 e. The van der Waals surface area contributed by atoms with E-state index in [1.807, 2.05) is 13.8 Å². The van der Waals surface area contributed by atoms with E-state index < -0.39 is 39.2 Å². The van der Waals surface area contributed by atoms with E-state index in [0.29, 0.717) is 10.4 Å². The number of carbonyl (C=O) groups is 1. The summed E-state index contributed by atoms with van der Waals surface area (Å²) in [6.07, 6.45) is -4.79. The van der Waals surface area contributed by atoms with Gasteiger partial charge >= 0.3 is 6.18 Å². The van der Waals surface area contributed by atoms with Crippen molar-refractivity contribution in [1.29, 1.82) is 0 Å². The molecule has 0 radical (unpaired) electrons. The Balaban J connectivity index is 2.55. The van der Waals surface area contributed by atoms with Crippen LogP contribution in [0.4, 0.5) is 18.9 Å². The molecule has 5 nitrogen and oxygen atoms in total. The molecule has 1 atom stereocenters. The zero-order valence-corrected chi connectivity index (χ0v) is 19.1. The Bertz CT molecular complexity index is 1040. The highest BCUT2D eigenvalue weighted by molar-refractivity contribution is 7.92. The number of nitrogens with one attached hydrogen (secondary N) is 1. The van der Waals surface area contributed by atoms with Crippen LogP contribution in [0.5, 0.6) is 0 Å². The van der Waals surface area contributed by atoms with Gasteiger partial charge < -0.3 is 5.32 Å². The number of amides is 1. The minimum absolute atomic E-state index is 0.0819. The molecular weight excluding hydrogens is 453 g/mol. The fraction of sp³-hybridized carbons (Fsp3) is 0.381. The molecule has 31 heavy (non-hydrogen) atoms. The van der Waals surface area contributed by atoms with Gasteiger partial charge in [0.1, 0.15) is 6.54 Å². The summed E-state index contributed by atoms with van der Waals surface area (Å²) in [6.45, 7) is 6.59. The monoisotopic (exact) mass is 476 g/mol. The molecule has 0 aromatic heterocycles. The number of halogens is 4. The van der Waals surface area contributed by atoms with Crippen LogP contribution in [-0.4, -0.2) is 26.9 Å². The fourth-order valence-electron chi connectivity index (χ4n) is 2.63. The van der Waals surface area contributed by atoms with Crippen molar-refractivity contribution in [3.8, 4) is 0 Å². The maximum atomic E-state index is 13.3. The highest BCUT2D eigenvalue weighted by Crippen LogP contribution is 2.38. The van der Waals surface area contributed by atoms with Crippen molar-refractivity contribution in [1.82, 2.24) is 5.32 Å². The van der Waals surface area contributed by atoms with E-state index in [4.69, 9.17) is 11.6 Å². The van der Waals surface area contributed by atoms with Crippen LogP contribution >= 0.6 is 11.6 Å². The maximum absolute atomic E-state index is 13.3. The SMILES string of the molecule is Cc1ccc(S(=O)(=O)N(CC(=O)NC(C)C(C)C)c2ccc(Cl)c(C(F)(F)F)c2)cc1. The molecule has 0 aliphatic carbocycles. The Morgan fingerprint density at radius 2 is 1.68 bits per heavy atom. The van der Waals surface area contributed by atoms with Gasteiger partial charge in [-0.1, -0.05) is 43.1 Å². The molecule has 0 fully saturated rings. The Morgan fingerprint density at radius 3 is 2.19 bits per heavy atom. The second kappa shape index (κ2) is 9.48. The summed E-state index contributed by atoms with van der Waals surface area (Å²) in [5.41, 5.74) is -0.698. The first kappa shape index (κ1) is 25.0. The molecule has 0 aliphatic heterocycles. The predicted octanol–water partition coefficient (Wildman–Crippen LogP) is 5.02.